The van der Waals surface area contributed by atoms with Gasteiger partial charge >= 0.3 is 0 Å². The second-order valence-corrected chi connectivity index (χ2v) is 5.15. The summed E-state index contributed by atoms with van der Waals surface area (Å²) in [6, 6.07) is 0. The lowest BCUT2D eigenvalue weighted by molar-refractivity contribution is 0.0840. The van der Waals surface area contributed by atoms with Gasteiger partial charge in [-0.3, -0.25) is 0 Å². The van der Waals surface area contributed by atoms with E-state index >= 15 is 0 Å². The molecule has 1 aliphatic heterocycles. The Morgan fingerprint density at radius 1 is 1.33 bits per heavy atom. The molecule has 1 fully saturated rings. The summed E-state index contributed by atoms with van der Waals surface area (Å²) in [4.78, 5) is 0. The Morgan fingerprint density at radius 3 is 2.47 bits per heavy atom. The van der Waals surface area contributed by atoms with Gasteiger partial charge in [0, 0.05) is 13.2 Å². The molecule has 2 heteroatoms. The lowest BCUT2D eigenvalue weighted by Crippen LogP contribution is -2.13. The first-order valence-corrected chi connectivity index (χ1v) is 6.36. The van der Waals surface area contributed by atoms with E-state index in [9.17, 15) is 0 Å². The van der Waals surface area contributed by atoms with Crippen molar-refractivity contribution < 1.29 is 9.47 Å². The van der Waals surface area contributed by atoms with E-state index in [1.165, 1.54) is 19.3 Å². The van der Waals surface area contributed by atoms with E-state index in [0.29, 0.717) is 18.1 Å². The molecule has 1 rings (SSSR count). The van der Waals surface area contributed by atoms with Gasteiger partial charge in [0.05, 0.1) is 12.2 Å². The summed E-state index contributed by atoms with van der Waals surface area (Å²) in [6.07, 6.45) is 4.57. The van der Waals surface area contributed by atoms with Crippen LogP contribution in [0.5, 0.6) is 0 Å². The molecule has 1 saturated heterocycles. The number of ether oxygens (including phenoxy) is 2. The SMILES string of the molecule is CCC(COCCC(C)C)CC1OC1C. The molecule has 0 aliphatic carbocycles. The number of epoxide rings is 1. The van der Waals surface area contributed by atoms with Crippen LogP contribution in [0.4, 0.5) is 0 Å². The summed E-state index contributed by atoms with van der Waals surface area (Å²) in [5, 5.41) is 0. The van der Waals surface area contributed by atoms with Crippen molar-refractivity contribution in [1.82, 2.24) is 0 Å². The lowest BCUT2D eigenvalue weighted by atomic mass is 10.0. The molecule has 90 valence electrons. The maximum Gasteiger partial charge on any atom is 0.0842 e. The van der Waals surface area contributed by atoms with Crippen LogP contribution in [-0.4, -0.2) is 25.4 Å². The van der Waals surface area contributed by atoms with Crippen LogP contribution in [0.2, 0.25) is 0 Å². The minimum atomic E-state index is 0.495. The molecule has 15 heavy (non-hydrogen) atoms. The molecule has 0 spiro atoms. The molecular formula is C13H26O2. The van der Waals surface area contributed by atoms with Gasteiger partial charge in [0.2, 0.25) is 0 Å². The third kappa shape index (κ3) is 5.53. The van der Waals surface area contributed by atoms with Crippen LogP contribution in [0.25, 0.3) is 0 Å². The van der Waals surface area contributed by atoms with Crippen LogP contribution in [0.1, 0.15) is 47.0 Å². The van der Waals surface area contributed by atoms with Crippen molar-refractivity contribution in [3.8, 4) is 0 Å². The van der Waals surface area contributed by atoms with E-state index in [4.69, 9.17) is 9.47 Å². The highest BCUT2D eigenvalue weighted by Gasteiger charge is 2.35. The lowest BCUT2D eigenvalue weighted by Gasteiger charge is -2.14. The van der Waals surface area contributed by atoms with Crippen LogP contribution in [-0.2, 0) is 9.47 Å². The van der Waals surface area contributed by atoms with Crippen molar-refractivity contribution in [2.45, 2.75) is 59.2 Å². The fourth-order valence-electron chi connectivity index (χ4n) is 1.73. The largest absolute Gasteiger partial charge is 0.381 e. The summed E-state index contributed by atoms with van der Waals surface area (Å²) >= 11 is 0. The van der Waals surface area contributed by atoms with Crippen LogP contribution >= 0.6 is 0 Å². The van der Waals surface area contributed by atoms with Gasteiger partial charge in [0.25, 0.3) is 0 Å². The fourth-order valence-corrected chi connectivity index (χ4v) is 1.73. The van der Waals surface area contributed by atoms with Crippen molar-refractivity contribution >= 4 is 0 Å². The van der Waals surface area contributed by atoms with Crippen LogP contribution < -0.4 is 0 Å². The van der Waals surface area contributed by atoms with E-state index in [1.54, 1.807) is 0 Å². The van der Waals surface area contributed by atoms with Gasteiger partial charge in [0.15, 0.2) is 0 Å². The maximum absolute atomic E-state index is 5.71. The number of hydrogen-bond donors (Lipinski definition) is 0. The molecule has 2 nitrogen and oxygen atoms in total. The average Bonchev–Trinajstić information content (AvgIpc) is 2.86. The Kier molecular flexibility index (Phi) is 5.62. The Bertz CT molecular complexity index is 168. The third-order valence-electron chi connectivity index (χ3n) is 3.17. The summed E-state index contributed by atoms with van der Waals surface area (Å²) in [7, 11) is 0. The predicted molar refractivity (Wildman–Crippen MR) is 63.0 cm³/mol. The topological polar surface area (TPSA) is 21.8 Å². The number of hydrogen-bond acceptors (Lipinski definition) is 2. The predicted octanol–water partition coefficient (Wildman–Crippen LogP) is 3.25. The van der Waals surface area contributed by atoms with Gasteiger partial charge in [-0.15, -0.1) is 0 Å². The van der Waals surface area contributed by atoms with E-state index in [2.05, 4.69) is 27.7 Å². The van der Waals surface area contributed by atoms with Gasteiger partial charge in [-0.05, 0) is 31.6 Å². The Labute approximate surface area is 94.3 Å². The third-order valence-corrected chi connectivity index (χ3v) is 3.17. The molecular weight excluding hydrogens is 188 g/mol. The van der Waals surface area contributed by atoms with E-state index < -0.39 is 0 Å². The molecule has 3 unspecified atom stereocenters. The van der Waals surface area contributed by atoms with Crippen molar-refractivity contribution in [1.29, 1.82) is 0 Å². The van der Waals surface area contributed by atoms with Crippen molar-refractivity contribution in [2.24, 2.45) is 11.8 Å². The van der Waals surface area contributed by atoms with E-state index in [1.807, 2.05) is 0 Å². The van der Waals surface area contributed by atoms with Crippen molar-refractivity contribution in [2.75, 3.05) is 13.2 Å². The monoisotopic (exact) mass is 214 g/mol. The minimum absolute atomic E-state index is 0.495. The minimum Gasteiger partial charge on any atom is -0.381 e. The van der Waals surface area contributed by atoms with Crippen molar-refractivity contribution in [3.63, 3.8) is 0 Å². The van der Waals surface area contributed by atoms with Gasteiger partial charge in [-0.2, -0.15) is 0 Å². The second kappa shape index (κ2) is 6.49. The highest BCUT2D eigenvalue weighted by molar-refractivity contribution is 4.82. The first-order valence-electron chi connectivity index (χ1n) is 6.36. The van der Waals surface area contributed by atoms with Gasteiger partial charge in [0.1, 0.15) is 0 Å². The van der Waals surface area contributed by atoms with Crippen LogP contribution in [0, 0.1) is 11.8 Å². The smallest absolute Gasteiger partial charge is 0.0842 e. The zero-order valence-electron chi connectivity index (χ0n) is 10.7. The Morgan fingerprint density at radius 2 is 2.00 bits per heavy atom. The summed E-state index contributed by atoms with van der Waals surface area (Å²) in [5.74, 6) is 1.43. The number of rotatable bonds is 8. The first kappa shape index (κ1) is 13.0. The Balaban J connectivity index is 2.01. The first-order chi connectivity index (χ1) is 7.13. The zero-order valence-corrected chi connectivity index (χ0v) is 10.7. The van der Waals surface area contributed by atoms with Gasteiger partial charge in [-0.1, -0.05) is 27.2 Å². The van der Waals surface area contributed by atoms with E-state index in [-0.39, 0.29) is 0 Å². The fraction of sp³-hybridized carbons (Fsp3) is 1.00. The Hall–Kier alpha value is -0.0800. The highest BCUT2D eigenvalue weighted by atomic mass is 16.6. The molecule has 0 radical (unpaired) electrons. The molecule has 0 aromatic carbocycles. The summed E-state index contributed by atoms with van der Waals surface area (Å²) in [6.45, 7) is 10.7. The normalized spacial score (nSPS) is 27.0. The molecule has 0 saturated carbocycles. The standard InChI is InChI=1S/C13H26O2/c1-5-12(8-13-11(4)15-13)9-14-7-6-10(2)3/h10-13H,5-9H2,1-4H3. The average molecular weight is 214 g/mol. The molecule has 1 heterocycles. The van der Waals surface area contributed by atoms with Crippen molar-refractivity contribution in [3.05, 3.63) is 0 Å². The van der Waals surface area contributed by atoms with Gasteiger partial charge in [-0.25, -0.2) is 0 Å². The molecule has 0 aromatic heterocycles. The van der Waals surface area contributed by atoms with E-state index in [0.717, 1.165) is 19.1 Å². The quantitative estimate of drug-likeness (QED) is 0.457. The second-order valence-electron chi connectivity index (χ2n) is 5.15. The molecule has 0 N–H and O–H groups in total. The summed E-state index contributed by atoms with van der Waals surface area (Å²) in [5.41, 5.74) is 0. The highest BCUT2D eigenvalue weighted by Crippen LogP contribution is 2.29. The van der Waals surface area contributed by atoms with Gasteiger partial charge < -0.3 is 9.47 Å². The van der Waals surface area contributed by atoms with Crippen LogP contribution in [0.3, 0.4) is 0 Å². The summed E-state index contributed by atoms with van der Waals surface area (Å²) < 4.78 is 11.1. The maximum atomic E-state index is 5.71. The molecule has 3 atom stereocenters. The molecule has 0 bridgehead atoms. The molecule has 1 aliphatic rings. The zero-order chi connectivity index (χ0) is 11.3. The molecule has 0 aromatic rings. The van der Waals surface area contributed by atoms with Crippen LogP contribution in [0.15, 0.2) is 0 Å². The molecule has 0 amide bonds.